The van der Waals surface area contributed by atoms with E-state index >= 15 is 0 Å². The number of nitrogens with one attached hydrogen (secondary N) is 1. The van der Waals surface area contributed by atoms with E-state index in [0.29, 0.717) is 15.5 Å². The Morgan fingerprint density at radius 3 is 2.57 bits per heavy atom. The standard InChI is InChI=1S/C15H19BrN2O3/c1-15(2)7-5-11(6-8-15)17-14(19)10-3-4-12(16)13(9-10)18(20)21/h3-4,9,11H,5-8H2,1-2H3,(H,17,19). The second-order valence-electron chi connectivity index (χ2n) is 6.34. The summed E-state index contributed by atoms with van der Waals surface area (Å²) in [4.78, 5) is 22.6. The Morgan fingerprint density at radius 1 is 1.38 bits per heavy atom. The Hall–Kier alpha value is -1.43. The van der Waals surface area contributed by atoms with Crippen molar-refractivity contribution in [3.05, 3.63) is 38.3 Å². The molecule has 1 fully saturated rings. The van der Waals surface area contributed by atoms with Gasteiger partial charge in [0.1, 0.15) is 0 Å². The minimum Gasteiger partial charge on any atom is -0.349 e. The van der Waals surface area contributed by atoms with Crippen molar-refractivity contribution in [2.24, 2.45) is 5.41 Å². The summed E-state index contributed by atoms with van der Waals surface area (Å²) >= 11 is 3.12. The molecule has 1 aromatic carbocycles. The molecule has 0 heterocycles. The first-order chi connectivity index (χ1) is 9.78. The molecule has 1 amide bonds. The SMILES string of the molecule is CC1(C)CCC(NC(=O)c2ccc(Br)c([N+](=O)[O-])c2)CC1. The second-order valence-corrected chi connectivity index (χ2v) is 7.19. The van der Waals surface area contributed by atoms with E-state index in [1.54, 1.807) is 6.07 Å². The van der Waals surface area contributed by atoms with Gasteiger partial charge in [-0.2, -0.15) is 0 Å². The zero-order valence-corrected chi connectivity index (χ0v) is 13.8. The molecule has 1 N–H and O–H groups in total. The second kappa shape index (κ2) is 6.13. The molecule has 0 spiro atoms. The number of nitrogens with zero attached hydrogens (tertiary/aromatic N) is 1. The summed E-state index contributed by atoms with van der Waals surface area (Å²) in [7, 11) is 0. The molecule has 1 aromatic rings. The van der Waals surface area contributed by atoms with Gasteiger partial charge in [-0.05, 0) is 59.2 Å². The van der Waals surface area contributed by atoms with Crippen LogP contribution in [-0.2, 0) is 0 Å². The van der Waals surface area contributed by atoms with Gasteiger partial charge in [-0.25, -0.2) is 0 Å². The number of rotatable bonds is 3. The summed E-state index contributed by atoms with van der Waals surface area (Å²) in [5.41, 5.74) is 0.583. The van der Waals surface area contributed by atoms with Crippen LogP contribution in [0.1, 0.15) is 49.9 Å². The van der Waals surface area contributed by atoms with Crippen LogP contribution in [-0.4, -0.2) is 16.9 Å². The smallest absolute Gasteiger partial charge is 0.284 e. The van der Waals surface area contributed by atoms with Gasteiger partial charge in [0.25, 0.3) is 11.6 Å². The highest BCUT2D eigenvalue weighted by molar-refractivity contribution is 9.10. The highest BCUT2D eigenvalue weighted by Crippen LogP contribution is 2.35. The van der Waals surface area contributed by atoms with E-state index in [2.05, 4.69) is 35.1 Å². The van der Waals surface area contributed by atoms with E-state index in [0.717, 1.165) is 25.7 Å². The largest absolute Gasteiger partial charge is 0.349 e. The fourth-order valence-corrected chi connectivity index (χ4v) is 3.00. The molecule has 6 heteroatoms. The molecule has 21 heavy (non-hydrogen) atoms. The van der Waals surface area contributed by atoms with Crippen molar-refractivity contribution in [3.63, 3.8) is 0 Å². The van der Waals surface area contributed by atoms with Gasteiger partial charge in [-0.15, -0.1) is 0 Å². The minimum atomic E-state index is -0.496. The van der Waals surface area contributed by atoms with Gasteiger partial charge < -0.3 is 5.32 Å². The van der Waals surface area contributed by atoms with Crippen LogP contribution in [0.2, 0.25) is 0 Å². The first kappa shape index (κ1) is 15.9. The van der Waals surface area contributed by atoms with Crippen LogP contribution < -0.4 is 5.32 Å². The number of halogens is 1. The lowest BCUT2D eigenvalue weighted by Crippen LogP contribution is -2.39. The molecule has 0 saturated heterocycles. The van der Waals surface area contributed by atoms with Crippen molar-refractivity contribution >= 4 is 27.5 Å². The molecule has 0 bridgehead atoms. The monoisotopic (exact) mass is 354 g/mol. The van der Waals surface area contributed by atoms with Gasteiger partial charge >= 0.3 is 0 Å². The number of amides is 1. The highest BCUT2D eigenvalue weighted by Gasteiger charge is 2.28. The third-order valence-electron chi connectivity index (χ3n) is 4.08. The van der Waals surface area contributed by atoms with Crippen LogP contribution in [0.25, 0.3) is 0 Å². The average Bonchev–Trinajstić information content (AvgIpc) is 2.41. The van der Waals surface area contributed by atoms with Crippen molar-refractivity contribution in [2.75, 3.05) is 0 Å². The number of carbonyl (C=O) groups excluding carboxylic acids is 1. The van der Waals surface area contributed by atoms with Crippen LogP contribution >= 0.6 is 15.9 Å². The maximum atomic E-state index is 12.2. The molecule has 2 rings (SSSR count). The lowest BCUT2D eigenvalue weighted by atomic mass is 9.75. The molecule has 0 radical (unpaired) electrons. The minimum absolute atomic E-state index is 0.0903. The van der Waals surface area contributed by atoms with Crippen molar-refractivity contribution in [1.29, 1.82) is 0 Å². The third kappa shape index (κ3) is 4.03. The van der Waals surface area contributed by atoms with Crippen LogP contribution in [0.15, 0.2) is 22.7 Å². The van der Waals surface area contributed by atoms with Crippen LogP contribution in [0.3, 0.4) is 0 Å². The predicted octanol–water partition coefficient (Wildman–Crippen LogP) is 4.06. The summed E-state index contributed by atoms with van der Waals surface area (Å²) < 4.78 is 0.378. The number of hydrogen-bond donors (Lipinski definition) is 1. The highest BCUT2D eigenvalue weighted by atomic mass is 79.9. The van der Waals surface area contributed by atoms with Gasteiger partial charge in [0.2, 0.25) is 0 Å². The van der Waals surface area contributed by atoms with E-state index in [1.165, 1.54) is 12.1 Å². The number of nitro benzene ring substituents is 1. The molecule has 0 unspecified atom stereocenters. The third-order valence-corrected chi connectivity index (χ3v) is 4.75. The van der Waals surface area contributed by atoms with Crippen LogP contribution in [0, 0.1) is 15.5 Å². The first-order valence-electron chi connectivity index (χ1n) is 7.03. The van der Waals surface area contributed by atoms with Crippen molar-refractivity contribution in [1.82, 2.24) is 5.32 Å². The average molecular weight is 355 g/mol. The summed E-state index contributed by atoms with van der Waals surface area (Å²) in [5.74, 6) is -0.240. The Kier molecular flexibility index (Phi) is 4.66. The van der Waals surface area contributed by atoms with E-state index in [9.17, 15) is 14.9 Å². The maximum absolute atomic E-state index is 12.2. The van der Waals surface area contributed by atoms with Gasteiger partial charge in [-0.1, -0.05) is 13.8 Å². The molecular weight excluding hydrogens is 336 g/mol. The quantitative estimate of drug-likeness (QED) is 0.657. The van der Waals surface area contributed by atoms with E-state index in [4.69, 9.17) is 0 Å². The van der Waals surface area contributed by atoms with E-state index in [1.807, 2.05) is 0 Å². The number of carbonyl (C=O) groups is 1. The maximum Gasteiger partial charge on any atom is 0.284 e. The van der Waals surface area contributed by atoms with Gasteiger partial charge in [0.05, 0.1) is 9.40 Å². The Bertz CT molecular complexity index is 562. The Morgan fingerprint density at radius 2 is 2.00 bits per heavy atom. The van der Waals surface area contributed by atoms with Crippen molar-refractivity contribution in [3.8, 4) is 0 Å². The van der Waals surface area contributed by atoms with Crippen molar-refractivity contribution in [2.45, 2.75) is 45.6 Å². The summed E-state index contributed by atoms with van der Waals surface area (Å²) in [5, 5.41) is 13.9. The van der Waals surface area contributed by atoms with Gasteiger partial charge in [0.15, 0.2) is 0 Å². The fourth-order valence-electron chi connectivity index (χ4n) is 2.61. The summed E-state index contributed by atoms with van der Waals surface area (Å²) in [6, 6.07) is 4.61. The topological polar surface area (TPSA) is 72.2 Å². The zero-order valence-electron chi connectivity index (χ0n) is 12.2. The van der Waals surface area contributed by atoms with Crippen LogP contribution in [0.4, 0.5) is 5.69 Å². The molecule has 1 aliphatic carbocycles. The molecule has 1 aliphatic rings. The number of benzene rings is 1. The molecule has 114 valence electrons. The summed E-state index contributed by atoms with van der Waals surface area (Å²) in [6.45, 7) is 4.48. The van der Waals surface area contributed by atoms with Crippen LogP contribution in [0.5, 0.6) is 0 Å². The Balaban J connectivity index is 2.04. The Labute approximate surface area is 132 Å². The number of nitro groups is 1. The number of hydrogen-bond acceptors (Lipinski definition) is 3. The zero-order chi connectivity index (χ0) is 15.6. The normalized spacial score (nSPS) is 18.2. The molecule has 0 atom stereocenters. The molecule has 1 saturated carbocycles. The molecular formula is C15H19BrN2O3. The summed E-state index contributed by atoms with van der Waals surface area (Å²) in [6.07, 6.45) is 4.07. The molecule has 0 aliphatic heterocycles. The molecule has 5 nitrogen and oxygen atoms in total. The lowest BCUT2D eigenvalue weighted by molar-refractivity contribution is -0.385. The van der Waals surface area contributed by atoms with Crippen molar-refractivity contribution < 1.29 is 9.72 Å². The molecule has 0 aromatic heterocycles. The van der Waals surface area contributed by atoms with Gasteiger partial charge in [-0.3, -0.25) is 14.9 Å². The lowest BCUT2D eigenvalue weighted by Gasteiger charge is -2.34. The first-order valence-corrected chi connectivity index (χ1v) is 7.83. The van der Waals surface area contributed by atoms with E-state index in [-0.39, 0.29) is 17.6 Å². The van der Waals surface area contributed by atoms with E-state index < -0.39 is 4.92 Å². The van der Waals surface area contributed by atoms with Gasteiger partial charge in [0, 0.05) is 17.7 Å². The fraction of sp³-hybridized carbons (Fsp3) is 0.533. The predicted molar refractivity (Wildman–Crippen MR) is 84.3 cm³/mol.